The number of fused-ring (bicyclic) bond motifs is 1. The van der Waals surface area contributed by atoms with E-state index in [0.29, 0.717) is 12.2 Å². The third-order valence-electron chi connectivity index (χ3n) is 3.07. The van der Waals surface area contributed by atoms with Crippen LogP contribution in [0.5, 0.6) is 0 Å². The van der Waals surface area contributed by atoms with Crippen molar-refractivity contribution in [1.29, 1.82) is 0 Å². The maximum absolute atomic E-state index is 11.9. The summed E-state index contributed by atoms with van der Waals surface area (Å²) in [5, 5.41) is 15.0. The molecule has 3 N–H and O–H groups in total. The van der Waals surface area contributed by atoms with Crippen molar-refractivity contribution in [3.63, 3.8) is 0 Å². The molecule has 0 saturated heterocycles. The smallest absolute Gasteiger partial charge is 0.335 e. The normalized spacial score (nSPS) is 13.9. The van der Waals surface area contributed by atoms with Crippen molar-refractivity contribution >= 4 is 23.3 Å². The number of amides is 1. The second-order valence-electron chi connectivity index (χ2n) is 4.39. The van der Waals surface area contributed by atoms with Gasteiger partial charge in [-0.05, 0) is 38.2 Å². The molecule has 0 aromatic heterocycles. The zero-order valence-electron chi connectivity index (χ0n) is 10.8. The number of anilines is 2. The molecule has 0 fully saturated rings. The summed E-state index contributed by atoms with van der Waals surface area (Å²) in [5.74, 6) is -0.963. The van der Waals surface area contributed by atoms with Gasteiger partial charge in [0.2, 0.25) is 5.91 Å². The molecule has 6 nitrogen and oxygen atoms in total. The average Bonchev–Trinajstić information content (AvgIpc) is 2.40. The Morgan fingerprint density at radius 3 is 3.00 bits per heavy atom. The minimum Gasteiger partial charge on any atom is -0.478 e. The third-order valence-corrected chi connectivity index (χ3v) is 3.07. The van der Waals surface area contributed by atoms with Gasteiger partial charge in [-0.15, -0.1) is 0 Å². The van der Waals surface area contributed by atoms with Crippen molar-refractivity contribution in [1.82, 2.24) is 5.32 Å². The van der Waals surface area contributed by atoms with Crippen LogP contribution in [0.3, 0.4) is 0 Å². The van der Waals surface area contributed by atoms with E-state index in [4.69, 9.17) is 5.11 Å². The SMILES string of the molecule is CNCCCN1C(=O)CNc2cc(C(=O)O)ccc21. The molecule has 1 aliphatic heterocycles. The van der Waals surface area contributed by atoms with Gasteiger partial charge in [-0.3, -0.25) is 4.79 Å². The molecule has 2 rings (SSSR count). The lowest BCUT2D eigenvalue weighted by molar-refractivity contribution is -0.117. The summed E-state index contributed by atoms with van der Waals surface area (Å²) < 4.78 is 0. The molecule has 19 heavy (non-hydrogen) atoms. The van der Waals surface area contributed by atoms with Crippen molar-refractivity contribution in [2.75, 3.05) is 36.9 Å². The van der Waals surface area contributed by atoms with Crippen LogP contribution < -0.4 is 15.5 Å². The maximum atomic E-state index is 11.9. The minimum atomic E-state index is -0.969. The lowest BCUT2D eigenvalue weighted by Crippen LogP contribution is -2.41. The van der Waals surface area contributed by atoms with Crippen molar-refractivity contribution < 1.29 is 14.7 Å². The quantitative estimate of drug-likeness (QED) is 0.683. The van der Waals surface area contributed by atoms with Gasteiger partial charge in [0, 0.05) is 6.54 Å². The second kappa shape index (κ2) is 5.71. The zero-order chi connectivity index (χ0) is 13.8. The molecule has 0 unspecified atom stereocenters. The van der Waals surface area contributed by atoms with E-state index in [2.05, 4.69) is 10.6 Å². The van der Waals surface area contributed by atoms with E-state index in [0.717, 1.165) is 18.7 Å². The van der Waals surface area contributed by atoms with Gasteiger partial charge in [-0.1, -0.05) is 0 Å². The molecule has 0 bridgehead atoms. The highest BCUT2D eigenvalue weighted by molar-refractivity contribution is 6.03. The van der Waals surface area contributed by atoms with Crippen LogP contribution in [0.25, 0.3) is 0 Å². The van der Waals surface area contributed by atoms with Crippen LogP contribution in [-0.2, 0) is 4.79 Å². The third kappa shape index (κ3) is 2.85. The van der Waals surface area contributed by atoms with Crippen LogP contribution in [0.1, 0.15) is 16.8 Å². The summed E-state index contributed by atoms with van der Waals surface area (Å²) in [5.41, 5.74) is 1.66. The van der Waals surface area contributed by atoms with Gasteiger partial charge in [-0.25, -0.2) is 4.79 Å². The largest absolute Gasteiger partial charge is 0.478 e. The van der Waals surface area contributed by atoms with Gasteiger partial charge in [0.1, 0.15) is 0 Å². The number of carbonyl (C=O) groups is 2. The molecular weight excluding hydrogens is 246 g/mol. The van der Waals surface area contributed by atoms with E-state index in [1.807, 2.05) is 7.05 Å². The van der Waals surface area contributed by atoms with Crippen molar-refractivity contribution in [2.45, 2.75) is 6.42 Å². The fraction of sp³-hybridized carbons (Fsp3) is 0.385. The minimum absolute atomic E-state index is 0.00618. The lowest BCUT2D eigenvalue weighted by atomic mass is 10.1. The maximum Gasteiger partial charge on any atom is 0.335 e. The first kappa shape index (κ1) is 13.4. The Labute approximate surface area is 111 Å². The van der Waals surface area contributed by atoms with Crippen LogP contribution in [-0.4, -0.2) is 43.7 Å². The van der Waals surface area contributed by atoms with Crippen LogP contribution >= 0.6 is 0 Å². The highest BCUT2D eigenvalue weighted by Gasteiger charge is 2.24. The van der Waals surface area contributed by atoms with E-state index in [1.54, 1.807) is 17.0 Å². The molecule has 0 spiro atoms. The van der Waals surface area contributed by atoms with Crippen LogP contribution in [0.15, 0.2) is 18.2 Å². The first-order valence-corrected chi connectivity index (χ1v) is 6.19. The lowest BCUT2D eigenvalue weighted by Gasteiger charge is -2.30. The van der Waals surface area contributed by atoms with E-state index in [-0.39, 0.29) is 18.0 Å². The van der Waals surface area contributed by atoms with Crippen molar-refractivity contribution in [3.8, 4) is 0 Å². The summed E-state index contributed by atoms with van der Waals surface area (Å²) in [6, 6.07) is 4.77. The summed E-state index contributed by atoms with van der Waals surface area (Å²) in [4.78, 5) is 24.5. The fourth-order valence-corrected chi connectivity index (χ4v) is 2.11. The number of benzene rings is 1. The summed E-state index contributed by atoms with van der Waals surface area (Å²) in [7, 11) is 1.87. The molecule has 1 amide bonds. The predicted octanol–water partition coefficient (Wildman–Crippen LogP) is 0.753. The number of hydrogen-bond donors (Lipinski definition) is 3. The van der Waals surface area contributed by atoms with Gasteiger partial charge >= 0.3 is 5.97 Å². The number of aromatic carboxylic acids is 1. The molecule has 102 valence electrons. The Hall–Kier alpha value is -2.08. The Bertz CT molecular complexity index is 502. The van der Waals surface area contributed by atoms with Gasteiger partial charge < -0.3 is 20.6 Å². The molecule has 6 heteroatoms. The zero-order valence-corrected chi connectivity index (χ0v) is 10.8. The highest BCUT2D eigenvalue weighted by Crippen LogP contribution is 2.30. The number of carboxylic acids is 1. The number of carbonyl (C=O) groups excluding carboxylic acids is 1. The average molecular weight is 263 g/mol. The molecular formula is C13H17N3O3. The summed E-state index contributed by atoms with van der Waals surface area (Å²) in [6.07, 6.45) is 0.850. The number of carboxylic acid groups (broad SMARTS) is 1. The number of nitrogens with one attached hydrogen (secondary N) is 2. The topological polar surface area (TPSA) is 81.7 Å². The van der Waals surface area contributed by atoms with Crippen LogP contribution in [0.4, 0.5) is 11.4 Å². The molecule has 1 aliphatic rings. The van der Waals surface area contributed by atoms with E-state index in [1.165, 1.54) is 6.07 Å². The number of nitrogens with zero attached hydrogens (tertiary/aromatic N) is 1. The van der Waals surface area contributed by atoms with Crippen molar-refractivity contribution in [3.05, 3.63) is 23.8 Å². The van der Waals surface area contributed by atoms with Crippen LogP contribution in [0, 0.1) is 0 Å². The van der Waals surface area contributed by atoms with E-state index < -0.39 is 5.97 Å². The Kier molecular flexibility index (Phi) is 4.01. The standard InChI is InChI=1S/C13H17N3O3/c1-14-5-2-6-16-11-4-3-9(13(18)19)7-10(11)15-8-12(16)17/h3-4,7,14-15H,2,5-6,8H2,1H3,(H,18,19). The number of rotatable bonds is 5. The molecule has 0 saturated carbocycles. The Balaban J connectivity index is 2.23. The van der Waals surface area contributed by atoms with Gasteiger partial charge in [0.25, 0.3) is 0 Å². The predicted molar refractivity (Wildman–Crippen MR) is 72.8 cm³/mol. The van der Waals surface area contributed by atoms with Gasteiger partial charge in [-0.2, -0.15) is 0 Å². The molecule has 0 aliphatic carbocycles. The second-order valence-corrected chi connectivity index (χ2v) is 4.39. The summed E-state index contributed by atoms with van der Waals surface area (Å²) in [6.45, 7) is 1.66. The Morgan fingerprint density at radius 2 is 2.32 bits per heavy atom. The first-order chi connectivity index (χ1) is 9.13. The van der Waals surface area contributed by atoms with Gasteiger partial charge in [0.15, 0.2) is 0 Å². The monoisotopic (exact) mass is 263 g/mol. The van der Waals surface area contributed by atoms with E-state index in [9.17, 15) is 9.59 Å². The molecule has 1 aromatic carbocycles. The number of hydrogen-bond acceptors (Lipinski definition) is 4. The van der Waals surface area contributed by atoms with E-state index >= 15 is 0 Å². The summed E-state index contributed by atoms with van der Waals surface area (Å²) >= 11 is 0. The van der Waals surface area contributed by atoms with Crippen LogP contribution in [0.2, 0.25) is 0 Å². The first-order valence-electron chi connectivity index (χ1n) is 6.19. The Morgan fingerprint density at radius 1 is 1.53 bits per heavy atom. The fourth-order valence-electron chi connectivity index (χ4n) is 2.11. The van der Waals surface area contributed by atoms with Gasteiger partial charge in [0.05, 0.1) is 23.5 Å². The molecule has 0 radical (unpaired) electrons. The molecule has 1 aromatic rings. The van der Waals surface area contributed by atoms with Crippen molar-refractivity contribution in [2.24, 2.45) is 0 Å². The highest BCUT2D eigenvalue weighted by atomic mass is 16.4. The molecule has 1 heterocycles. The molecule has 0 atom stereocenters.